The fraction of sp³-hybridized carbons (Fsp3) is 0.0732. The summed E-state index contributed by atoms with van der Waals surface area (Å²) in [6.45, 7) is 6.78. The molecule has 0 aliphatic rings. The summed E-state index contributed by atoms with van der Waals surface area (Å²) in [5.41, 5.74) is 12.4. The molecule has 0 unspecified atom stereocenters. The molecule has 0 aliphatic heterocycles. The van der Waals surface area contributed by atoms with E-state index in [9.17, 15) is 0 Å². The molecule has 1 heteroatoms. The number of benzene rings is 7. The van der Waals surface area contributed by atoms with Crippen LogP contribution in [0.4, 0.5) is 17.1 Å². The number of nitrogens with zero attached hydrogens (tertiary/aromatic N) is 1. The Morgan fingerprint density at radius 1 is 0.381 bits per heavy atom. The van der Waals surface area contributed by atoms with Crippen molar-refractivity contribution in [3.63, 3.8) is 0 Å². The van der Waals surface area contributed by atoms with E-state index < -0.39 is 0 Å². The molecule has 7 aromatic rings. The largest absolute Gasteiger partial charge is 0.310 e. The van der Waals surface area contributed by atoms with Crippen molar-refractivity contribution in [1.82, 2.24) is 0 Å². The molecule has 42 heavy (non-hydrogen) atoms. The molecule has 0 atom stereocenters. The maximum absolute atomic E-state index is 2.40. The van der Waals surface area contributed by atoms with Crippen LogP contribution in [-0.4, -0.2) is 0 Å². The minimum atomic E-state index is 1.13. The summed E-state index contributed by atoms with van der Waals surface area (Å²) >= 11 is 0. The Kier molecular flexibility index (Phi) is 6.56. The normalized spacial score (nSPS) is 11.2. The number of fused-ring (bicyclic) bond motifs is 2. The van der Waals surface area contributed by atoms with Crippen LogP contribution in [0, 0.1) is 20.8 Å². The first-order valence-corrected chi connectivity index (χ1v) is 14.6. The fourth-order valence-electron chi connectivity index (χ4n) is 6.42. The zero-order valence-electron chi connectivity index (χ0n) is 24.3. The standard InChI is InChI=1S/C41H33N/c1-28-22-24-31-14-10-12-20-36(31)40(28)38-26-35(42(33-16-6-4-7-17-33)34-18-8-5-9-19-34)27-39(30(38)3)41-29(2)23-25-32-15-11-13-21-37(32)41/h4-27H,1-3H3. The van der Waals surface area contributed by atoms with Crippen molar-refractivity contribution in [2.45, 2.75) is 20.8 Å². The summed E-state index contributed by atoms with van der Waals surface area (Å²) in [6, 6.07) is 52.7. The lowest BCUT2D eigenvalue weighted by Crippen LogP contribution is -2.11. The molecule has 0 bridgehead atoms. The first-order chi connectivity index (χ1) is 20.6. The van der Waals surface area contributed by atoms with Gasteiger partial charge in [0.1, 0.15) is 0 Å². The van der Waals surface area contributed by atoms with Crippen molar-refractivity contribution in [3.05, 3.63) is 162 Å². The summed E-state index contributed by atoms with van der Waals surface area (Å²) in [6.07, 6.45) is 0. The van der Waals surface area contributed by atoms with Gasteiger partial charge in [-0.2, -0.15) is 0 Å². The summed E-state index contributed by atoms with van der Waals surface area (Å²) in [5.74, 6) is 0. The van der Waals surface area contributed by atoms with E-state index in [-0.39, 0.29) is 0 Å². The number of rotatable bonds is 5. The van der Waals surface area contributed by atoms with E-state index in [2.05, 4.69) is 171 Å². The van der Waals surface area contributed by atoms with Gasteiger partial charge in [0.25, 0.3) is 0 Å². The predicted molar refractivity (Wildman–Crippen MR) is 181 cm³/mol. The molecule has 0 saturated carbocycles. The topological polar surface area (TPSA) is 3.24 Å². The fourth-order valence-corrected chi connectivity index (χ4v) is 6.42. The van der Waals surface area contributed by atoms with Gasteiger partial charge in [-0.15, -0.1) is 0 Å². The minimum absolute atomic E-state index is 1.13. The van der Waals surface area contributed by atoms with Crippen LogP contribution in [0.5, 0.6) is 0 Å². The summed E-state index contributed by atoms with van der Waals surface area (Å²) in [4.78, 5) is 2.38. The van der Waals surface area contributed by atoms with E-state index >= 15 is 0 Å². The number of aryl methyl sites for hydroxylation is 2. The second kappa shape index (κ2) is 10.7. The zero-order valence-corrected chi connectivity index (χ0v) is 24.3. The molecule has 0 aliphatic carbocycles. The maximum atomic E-state index is 2.40. The summed E-state index contributed by atoms with van der Waals surface area (Å²) in [5, 5.41) is 5.08. The molecule has 0 spiro atoms. The molecule has 7 aromatic carbocycles. The van der Waals surface area contributed by atoms with Gasteiger partial charge in [-0.1, -0.05) is 109 Å². The van der Waals surface area contributed by atoms with Crippen LogP contribution in [-0.2, 0) is 0 Å². The molecule has 7 rings (SSSR count). The van der Waals surface area contributed by atoms with Crippen molar-refractivity contribution in [1.29, 1.82) is 0 Å². The highest BCUT2D eigenvalue weighted by atomic mass is 15.1. The molecule has 202 valence electrons. The monoisotopic (exact) mass is 539 g/mol. The van der Waals surface area contributed by atoms with Crippen LogP contribution in [0.1, 0.15) is 16.7 Å². The van der Waals surface area contributed by atoms with E-state index in [0.29, 0.717) is 0 Å². The van der Waals surface area contributed by atoms with Gasteiger partial charge in [0.2, 0.25) is 0 Å². The molecule has 0 radical (unpaired) electrons. The molecule has 0 saturated heterocycles. The minimum Gasteiger partial charge on any atom is -0.310 e. The Labute approximate surface area is 248 Å². The molecular formula is C41H33N. The average Bonchev–Trinajstić information content (AvgIpc) is 3.03. The smallest absolute Gasteiger partial charge is 0.0474 e. The third-order valence-corrected chi connectivity index (χ3v) is 8.49. The Balaban J connectivity index is 1.61. The van der Waals surface area contributed by atoms with Gasteiger partial charge in [0.15, 0.2) is 0 Å². The second-order valence-electron chi connectivity index (χ2n) is 11.1. The molecule has 0 N–H and O–H groups in total. The van der Waals surface area contributed by atoms with E-state index in [1.54, 1.807) is 0 Å². The zero-order chi connectivity index (χ0) is 28.6. The van der Waals surface area contributed by atoms with Crippen LogP contribution >= 0.6 is 0 Å². The number of anilines is 3. The Morgan fingerprint density at radius 3 is 1.24 bits per heavy atom. The van der Waals surface area contributed by atoms with Crippen LogP contribution < -0.4 is 4.90 Å². The third kappa shape index (κ3) is 4.44. The van der Waals surface area contributed by atoms with E-state index in [4.69, 9.17) is 0 Å². The first kappa shape index (κ1) is 25.8. The lowest BCUT2D eigenvalue weighted by Gasteiger charge is -2.28. The number of hydrogen-bond donors (Lipinski definition) is 0. The molecule has 0 fully saturated rings. The number of para-hydroxylation sites is 2. The van der Waals surface area contributed by atoms with E-state index in [1.165, 1.54) is 60.5 Å². The van der Waals surface area contributed by atoms with Crippen molar-refractivity contribution < 1.29 is 0 Å². The van der Waals surface area contributed by atoms with Crippen molar-refractivity contribution in [2.24, 2.45) is 0 Å². The van der Waals surface area contributed by atoms with Gasteiger partial charge in [0, 0.05) is 17.1 Å². The maximum Gasteiger partial charge on any atom is 0.0474 e. The van der Waals surface area contributed by atoms with Gasteiger partial charge in [-0.3, -0.25) is 0 Å². The van der Waals surface area contributed by atoms with Gasteiger partial charge >= 0.3 is 0 Å². The van der Waals surface area contributed by atoms with E-state index in [1.807, 2.05) is 0 Å². The summed E-state index contributed by atoms with van der Waals surface area (Å²) in [7, 11) is 0. The highest BCUT2D eigenvalue weighted by Gasteiger charge is 2.21. The lowest BCUT2D eigenvalue weighted by molar-refractivity contribution is 1.27. The molecule has 0 heterocycles. The van der Waals surface area contributed by atoms with Crippen LogP contribution in [0.15, 0.2) is 146 Å². The predicted octanol–water partition coefficient (Wildman–Crippen LogP) is 11.7. The van der Waals surface area contributed by atoms with E-state index in [0.717, 1.165) is 17.1 Å². The van der Waals surface area contributed by atoms with Crippen LogP contribution in [0.3, 0.4) is 0 Å². The molecular weight excluding hydrogens is 506 g/mol. The van der Waals surface area contributed by atoms with Gasteiger partial charge in [-0.25, -0.2) is 0 Å². The number of hydrogen-bond acceptors (Lipinski definition) is 1. The Morgan fingerprint density at radius 2 is 0.786 bits per heavy atom. The van der Waals surface area contributed by atoms with Crippen molar-refractivity contribution >= 4 is 38.6 Å². The third-order valence-electron chi connectivity index (χ3n) is 8.49. The van der Waals surface area contributed by atoms with Crippen molar-refractivity contribution in [2.75, 3.05) is 4.90 Å². The molecule has 0 aromatic heterocycles. The molecule has 1 nitrogen and oxygen atoms in total. The Bertz CT molecular complexity index is 1910. The average molecular weight is 540 g/mol. The van der Waals surface area contributed by atoms with Gasteiger partial charge < -0.3 is 4.90 Å². The van der Waals surface area contributed by atoms with Crippen LogP contribution in [0.25, 0.3) is 43.8 Å². The second-order valence-corrected chi connectivity index (χ2v) is 11.1. The lowest BCUT2D eigenvalue weighted by atomic mass is 9.85. The van der Waals surface area contributed by atoms with Gasteiger partial charge in [-0.05, 0) is 118 Å². The Hall–Kier alpha value is -5.14. The first-order valence-electron chi connectivity index (χ1n) is 14.6. The highest BCUT2D eigenvalue weighted by Crippen LogP contribution is 2.45. The summed E-state index contributed by atoms with van der Waals surface area (Å²) < 4.78 is 0. The quantitative estimate of drug-likeness (QED) is 0.210. The SMILES string of the molecule is Cc1ccc2ccccc2c1-c1cc(N(c2ccccc2)c2ccccc2)cc(-c2c(C)ccc3ccccc23)c1C. The van der Waals surface area contributed by atoms with Crippen molar-refractivity contribution in [3.8, 4) is 22.3 Å². The molecule has 0 amide bonds. The van der Waals surface area contributed by atoms with Crippen LogP contribution in [0.2, 0.25) is 0 Å². The highest BCUT2D eigenvalue weighted by molar-refractivity contribution is 6.04. The van der Waals surface area contributed by atoms with Gasteiger partial charge in [0.05, 0.1) is 0 Å².